The van der Waals surface area contributed by atoms with Crippen molar-refractivity contribution in [3.05, 3.63) is 71.3 Å². The van der Waals surface area contributed by atoms with E-state index in [2.05, 4.69) is 5.32 Å². The van der Waals surface area contributed by atoms with E-state index in [1.54, 1.807) is 29.2 Å². The number of hydrogen-bond donors (Lipinski definition) is 1. The normalized spacial score (nSPS) is 13.6. The number of carbonyl (C=O) groups is 4. The summed E-state index contributed by atoms with van der Waals surface area (Å²) in [6.07, 6.45) is 1.78. The number of fused-ring (bicyclic) bond motifs is 1. The van der Waals surface area contributed by atoms with Gasteiger partial charge in [0.25, 0.3) is 11.8 Å². The third-order valence-corrected chi connectivity index (χ3v) is 5.78. The van der Waals surface area contributed by atoms with E-state index in [0.717, 1.165) is 12.0 Å². The molecule has 1 aliphatic rings. The van der Waals surface area contributed by atoms with Gasteiger partial charge in [0.2, 0.25) is 11.8 Å². The summed E-state index contributed by atoms with van der Waals surface area (Å²) < 4.78 is 0. The number of nitrogens with zero attached hydrogens (tertiary/aromatic N) is 2. The molecule has 174 valence electrons. The summed E-state index contributed by atoms with van der Waals surface area (Å²) in [5.74, 6) is -0.984. The van der Waals surface area contributed by atoms with Crippen LogP contribution in [0.5, 0.6) is 0 Å². The molecule has 0 saturated carbocycles. The molecule has 1 aliphatic heterocycles. The molecule has 3 rings (SSSR count). The van der Waals surface area contributed by atoms with Crippen molar-refractivity contribution >= 4 is 23.6 Å². The monoisotopic (exact) mass is 449 g/mol. The lowest BCUT2D eigenvalue weighted by Gasteiger charge is -2.31. The van der Waals surface area contributed by atoms with E-state index < -0.39 is 6.04 Å². The Morgan fingerprint density at radius 3 is 2.12 bits per heavy atom. The number of imide groups is 1. The van der Waals surface area contributed by atoms with Crippen molar-refractivity contribution in [3.8, 4) is 0 Å². The highest BCUT2D eigenvalue weighted by atomic mass is 16.2. The van der Waals surface area contributed by atoms with Crippen LogP contribution in [0.1, 0.15) is 65.8 Å². The Bertz CT molecular complexity index is 971. The Balaban J connectivity index is 1.67. The highest BCUT2D eigenvalue weighted by Gasteiger charge is 2.35. The van der Waals surface area contributed by atoms with Crippen molar-refractivity contribution in [2.75, 3.05) is 13.1 Å². The Morgan fingerprint density at radius 2 is 1.55 bits per heavy atom. The van der Waals surface area contributed by atoms with Gasteiger partial charge in [0, 0.05) is 26.1 Å². The molecule has 1 unspecified atom stereocenters. The molecule has 1 heterocycles. The summed E-state index contributed by atoms with van der Waals surface area (Å²) in [5.41, 5.74) is 1.74. The van der Waals surface area contributed by atoms with E-state index in [1.807, 2.05) is 44.2 Å². The maximum Gasteiger partial charge on any atom is 0.261 e. The lowest BCUT2D eigenvalue weighted by atomic mass is 10.1. The van der Waals surface area contributed by atoms with Crippen LogP contribution >= 0.6 is 0 Å². The molecule has 7 nitrogen and oxygen atoms in total. The number of amides is 4. The number of hydrogen-bond acceptors (Lipinski definition) is 4. The van der Waals surface area contributed by atoms with Gasteiger partial charge in [-0.25, -0.2) is 0 Å². The first kappa shape index (κ1) is 24.2. The van der Waals surface area contributed by atoms with Crippen molar-refractivity contribution in [2.45, 2.75) is 52.1 Å². The molecular formula is C26H31N3O4. The van der Waals surface area contributed by atoms with E-state index in [1.165, 1.54) is 4.90 Å². The van der Waals surface area contributed by atoms with Crippen LogP contribution < -0.4 is 5.32 Å². The highest BCUT2D eigenvalue weighted by Crippen LogP contribution is 2.23. The summed E-state index contributed by atoms with van der Waals surface area (Å²) in [5, 5.41) is 2.90. The minimum absolute atomic E-state index is 0.137. The fourth-order valence-electron chi connectivity index (χ4n) is 4.04. The number of benzene rings is 2. The molecule has 0 saturated heterocycles. The van der Waals surface area contributed by atoms with E-state index in [0.29, 0.717) is 37.1 Å². The van der Waals surface area contributed by atoms with Crippen LogP contribution in [0, 0.1) is 0 Å². The van der Waals surface area contributed by atoms with Crippen molar-refractivity contribution in [2.24, 2.45) is 0 Å². The highest BCUT2D eigenvalue weighted by molar-refractivity contribution is 6.21. The summed E-state index contributed by atoms with van der Waals surface area (Å²) >= 11 is 0. The third-order valence-electron chi connectivity index (χ3n) is 5.78. The van der Waals surface area contributed by atoms with Gasteiger partial charge < -0.3 is 10.2 Å². The zero-order chi connectivity index (χ0) is 23.8. The first-order chi connectivity index (χ1) is 16.0. The second kappa shape index (κ2) is 11.4. The maximum atomic E-state index is 13.2. The first-order valence-corrected chi connectivity index (χ1v) is 11.5. The lowest BCUT2D eigenvalue weighted by Crippen LogP contribution is -2.49. The topological polar surface area (TPSA) is 86.8 Å². The van der Waals surface area contributed by atoms with Crippen LogP contribution in [-0.2, 0) is 16.1 Å². The van der Waals surface area contributed by atoms with E-state index >= 15 is 0 Å². The molecule has 0 radical (unpaired) electrons. The molecule has 2 aromatic carbocycles. The second-order valence-corrected chi connectivity index (χ2v) is 8.13. The lowest BCUT2D eigenvalue weighted by molar-refractivity contribution is -0.141. The van der Waals surface area contributed by atoms with Crippen molar-refractivity contribution in [1.29, 1.82) is 0 Å². The number of rotatable bonds is 11. The van der Waals surface area contributed by atoms with Crippen LogP contribution in [0.25, 0.3) is 0 Å². The quantitative estimate of drug-likeness (QED) is 0.533. The fourth-order valence-corrected chi connectivity index (χ4v) is 4.04. The first-order valence-electron chi connectivity index (χ1n) is 11.5. The molecule has 0 aliphatic carbocycles. The number of carbonyl (C=O) groups excluding carboxylic acids is 4. The van der Waals surface area contributed by atoms with Gasteiger partial charge >= 0.3 is 0 Å². The second-order valence-electron chi connectivity index (χ2n) is 8.13. The molecular weight excluding hydrogens is 418 g/mol. The molecule has 33 heavy (non-hydrogen) atoms. The van der Waals surface area contributed by atoms with Crippen LogP contribution in [0.3, 0.4) is 0 Å². The van der Waals surface area contributed by atoms with Gasteiger partial charge in [-0.15, -0.1) is 0 Å². The smallest absolute Gasteiger partial charge is 0.261 e. The summed E-state index contributed by atoms with van der Waals surface area (Å²) in [4.78, 5) is 53.9. The maximum absolute atomic E-state index is 13.2. The van der Waals surface area contributed by atoms with Gasteiger partial charge in [-0.05, 0) is 37.0 Å². The predicted molar refractivity (Wildman–Crippen MR) is 125 cm³/mol. The Hall–Kier alpha value is -3.48. The molecule has 0 bridgehead atoms. The van der Waals surface area contributed by atoms with Gasteiger partial charge in [0.05, 0.1) is 11.1 Å². The largest absolute Gasteiger partial charge is 0.354 e. The molecule has 7 heteroatoms. The molecule has 0 spiro atoms. The minimum Gasteiger partial charge on any atom is -0.354 e. The molecule has 1 atom stereocenters. The Morgan fingerprint density at radius 1 is 0.939 bits per heavy atom. The zero-order valence-corrected chi connectivity index (χ0v) is 19.3. The van der Waals surface area contributed by atoms with Crippen LogP contribution in [0.4, 0.5) is 0 Å². The van der Waals surface area contributed by atoms with Gasteiger partial charge in [-0.2, -0.15) is 0 Å². The molecule has 0 aromatic heterocycles. The Labute approximate surface area is 194 Å². The molecule has 4 amide bonds. The Kier molecular flexibility index (Phi) is 8.35. The molecule has 0 fully saturated rings. The van der Waals surface area contributed by atoms with E-state index in [4.69, 9.17) is 0 Å². The van der Waals surface area contributed by atoms with E-state index in [9.17, 15) is 19.2 Å². The van der Waals surface area contributed by atoms with Gasteiger partial charge in [-0.1, -0.05) is 56.3 Å². The minimum atomic E-state index is -0.580. The van der Waals surface area contributed by atoms with Crippen LogP contribution in [-0.4, -0.2) is 52.6 Å². The van der Waals surface area contributed by atoms with Gasteiger partial charge in [0.1, 0.15) is 6.04 Å². The standard InChI is InChI=1S/C26H31N3O4/c1-3-16-27-24(31)22(4-2)29(18-19-11-6-5-7-12-19)23(30)15-10-17-28-25(32)20-13-8-9-14-21(20)26(28)33/h5-9,11-14,22H,3-4,10,15-18H2,1-2H3,(H,27,31). The van der Waals surface area contributed by atoms with Gasteiger partial charge in [-0.3, -0.25) is 24.1 Å². The van der Waals surface area contributed by atoms with E-state index in [-0.39, 0.29) is 36.6 Å². The number of nitrogens with one attached hydrogen (secondary N) is 1. The fraction of sp³-hybridized carbons (Fsp3) is 0.385. The summed E-state index contributed by atoms with van der Waals surface area (Å²) in [7, 11) is 0. The average molecular weight is 450 g/mol. The van der Waals surface area contributed by atoms with Crippen LogP contribution in [0.15, 0.2) is 54.6 Å². The SMILES string of the molecule is CCCNC(=O)C(CC)N(Cc1ccccc1)C(=O)CCCN1C(=O)c2ccccc2C1=O. The molecule has 1 N–H and O–H groups in total. The van der Waals surface area contributed by atoms with Crippen molar-refractivity contribution in [1.82, 2.24) is 15.1 Å². The van der Waals surface area contributed by atoms with Crippen molar-refractivity contribution < 1.29 is 19.2 Å². The van der Waals surface area contributed by atoms with Gasteiger partial charge in [0.15, 0.2) is 0 Å². The van der Waals surface area contributed by atoms with Crippen LogP contribution in [0.2, 0.25) is 0 Å². The molecule has 2 aromatic rings. The zero-order valence-electron chi connectivity index (χ0n) is 19.3. The van der Waals surface area contributed by atoms with Crippen molar-refractivity contribution in [3.63, 3.8) is 0 Å². The average Bonchev–Trinajstić information content (AvgIpc) is 3.08. The summed E-state index contributed by atoms with van der Waals surface area (Å²) in [6.45, 7) is 4.91. The third kappa shape index (κ3) is 5.66. The summed E-state index contributed by atoms with van der Waals surface area (Å²) in [6, 6.07) is 15.7. The predicted octanol–water partition coefficient (Wildman–Crippen LogP) is 3.40.